The number of thioether (sulfide) groups is 1. The quantitative estimate of drug-likeness (QED) is 0.331. The van der Waals surface area contributed by atoms with Gasteiger partial charge in [0.1, 0.15) is 0 Å². The van der Waals surface area contributed by atoms with E-state index in [1.165, 1.54) is 16.4 Å². The van der Waals surface area contributed by atoms with Crippen LogP contribution in [0.2, 0.25) is 0 Å². The van der Waals surface area contributed by atoms with Crippen LogP contribution in [0.1, 0.15) is 30.6 Å². The minimum absolute atomic E-state index is 0.0284. The van der Waals surface area contributed by atoms with Gasteiger partial charge in [-0.2, -0.15) is 0 Å². The number of aromatic nitrogens is 2. The number of imidazole rings is 1. The molecular formula is C22H24N4O2S. The van der Waals surface area contributed by atoms with Gasteiger partial charge in [-0.15, -0.1) is 0 Å². The molecule has 3 aromatic rings. The molecule has 0 aliphatic heterocycles. The number of rotatable bonds is 8. The van der Waals surface area contributed by atoms with E-state index in [-0.39, 0.29) is 17.4 Å². The van der Waals surface area contributed by atoms with Crippen molar-refractivity contribution in [3.63, 3.8) is 0 Å². The van der Waals surface area contributed by atoms with Crippen molar-refractivity contribution in [1.82, 2.24) is 9.66 Å². The number of amides is 1. The predicted octanol–water partition coefficient (Wildman–Crippen LogP) is 4.22. The van der Waals surface area contributed by atoms with E-state index in [1.807, 2.05) is 44.2 Å². The van der Waals surface area contributed by atoms with Crippen molar-refractivity contribution < 1.29 is 9.59 Å². The lowest BCUT2D eigenvalue weighted by molar-refractivity contribution is -0.116. The number of anilines is 1. The molecule has 1 aromatic heterocycles. The molecule has 0 spiro atoms. The minimum Gasteiger partial charge on any atom is -0.337 e. The number of nitrogens with one attached hydrogen (secondary N) is 1. The van der Waals surface area contributed by atoms with E-state index in [1.54, 1.807) is 30.5 Å². The number of hydrogen-bond donors (Lipinski definition) is 2. The monoisotopic (exact) mass is 408 g/mol. The molecule has 0 atom stereocenters. The van der Waals surface area contributed by atoms with E-state index >= 15 is 0 Å². The molecule has 2 aromatic carbocycles. The number of carbonyl (C=O) groups excluding carboxylic acids is 2. The van der Waals surface area contributed by atoms with Crippen molar-refractivity contribution in [3.05, 3.63) is 66.4 Å². The van der Waals surface area contributed by atoms with Crippen LogP contribution in [0.3, 0.4) is 0 Å². The summed E-state index contributed by atoms with van der Waals surface area (Å²) < 4.78 is 1.44. The highest BCUT2D eigenvalue weighted by molar-refractivity contribution is 7.99. The van der Waals surface area contributed by atoms with Gasteiger partial charge in [-0.3, -0.25) is 9.59 Å². The molecule has 0 aliphatic carbocycles. The minimum atomic E-state index is -0.0290. The molecule has 150 valence electrons. The third-order valence-corrected chi connectivity index (χ3v) is 5.15. The van der Waals surface area contributed by atoms with Crippen molar-refractivity contribution in [3.8, 4) is 11.3 Å². The third kappa shape index (κ3) is 5.71. The number of benzene rings is 2. The fourth-order valence-corrected chi connectivity index (χ4v) is 3.56. The third-order valence-electron chi connectivity index (χ3n) is 4.18. The Morgan fingerprint density at radius 1 is 1.10 bits per heavy atom. The van der Waals surface area contributed by atoms with Crippen LogP contribution >= 0.6 is 11.8 Å². The zero-order valence-corrected chi connectivity index (χ0v) is 17.3. The Kier molecular flexibility index (Phi) is 6.72. The Hall–Kier alpha value is -3.06. The molecule has 7 heteroatoms. The predicted molar refractivity (Wildman–Crippen MR) is 117 cm³/mol. The zero-order valence-electron chi connectivity index (χ0n) is 16.5. The number of ketones is 1. The molecule has 1 amide bonds. The second-order valence-electron chi connectivity index (χ2n) is 7.12. The van der Waals surface area contributed by atoms with Gasteiger partial charge in [0.25, 0.3) is 0 Å². The standard InChI is InChI=1S/C22H24N4O2S/c1-15(2)12-21(28)24-18-10-8-17(9-11-18)20(27)14-29-22-25-19(13-26(22)23)16-6-4-3-5-7-16/h3-11,13,15H,12,14,23H2,1-2H3,(H,24,28). The van der Waals surface area contributed by atoms with Crippen LogP contribution in [0.15, 0.2) is 66.0 Å². The number of nitrogen functional groups attached to an aromatic ring is 1. The molecule has 0 unspecified atom stereocenters. The maximum Gasteiger partial charge on any atom is 0.224 e. The maximum absolute atomic E-state index is 12.5. The highest BCUT2D eigenvalue weighted by atomic mass is 32.2. The number of Topliss-reactive ketones (excluding diaryl/α,β-unsaturated/α-hetero) is 1. The summed E-state index contributed by atoms with van der Waals surface area (Å²) in [6.45, 7) is 3.99. The van der Waals surface area contributed by atoms with E-state index in [4.69, 9.17) is 5.84 Å². The number of nitrogens with zero attached hydrogens (tertiary/aromatic N) is 2. The van der Waals surface area contributed by atoms with E-state index in [0.29, 0.717) is 28.7 Å². The average molecular weight is 409 g/mol. The first-order valence-corrected chi connectivity index (χ1v) is 10.4. The fourth-order valence-electron chi connectivity index (χ4n) is 2.77. The van der Waals surface area contributed by atoms with Crippen LogP contribution in [0, 0.1) is 5.92 Å². The highest BCUT2D eigenvalue weighted by Gasteiger charge is 2.13. The molecule has 0 bridgehead atoms. The normalized spacial score (nSPS) is 10.9. The van der Waals surface area contributed by atoms with Gasteiger partial charge in [-0.05, 0) is 30.2 Å². The van der Waals surface area contributed by atoms with Gasteiger partial charge in [0, 0.05) is 23.2 Å². The molecule has 0 saturated heterocycles. The fraction of sp³-hybridized carbons (Fsp3) is 0.227. The Morgan fingerprint density at radius 2 is 1.79 bits per heavy atom. The maximum atomic E-state index is 12.5. The lowest BCUT2D eigenvalue weighted by Crippen LogP contribution is -2.14. The first kappa shape index (κ1) is 20.7. The van der Waals surface area contributed by atoms with Gasteiger partial charge < -0.3 is 11.2 Å². The molecule has 3 rings (SSSR count). The summed E-state index contributed by atoms with van der Waals surface area (Å²) in [4.78, 5) is 28.9. The Bertz CT molecular complexity index is 982. The zero-order chi connectivity index (χ0) is 20.8. The Morgan fingerprint density at radius 3 is 2.45 bits per heavy atom. The summed E-state index contributed by atoms with van der Waals surface area (Å²) >= 11 is 1.29. The number of nitrogens with two attached hydrogens (primary N) is 1. The molecule has 0 saturated carbocycles. The molecule has 3 N–H and O–H groups in total. The molecule has 29 heavy (non-hydrogen) atoms. The lowest BCUT2D eigenvalue weighted by Gasteiger charge is -2.08. The number of hydrogen-bond acceptors (Lipinski definition) is 5. The second kappa shape index (κ2) is 9.43. The molecule has 6 nitrogen and oxygen atoms in total. The Balaban J connectivity index is 1.58. The van der Waals surface area contributed by atoms with Crippen LogP contribution in [0.25, 0.3) is 11.3 Å². The summed E-state index contributed by atoms with van der Waals surface area (Å²) in [6.07, 6.45) is 2.21. The SMILES string of the molecule is CC(C)CC(=O)Nc1ccc(C(=O)CSc2nc(-c3ccccc3)cn2N)cc1. The topological polar surface area (TPSA) is 90.0 Å². The van der Waals surface area contributed by atoms with E-state index in [0.717, 1.165) is 11.3 Å². The molecule has 0 radical (unpaired) electrons. The summed E-state index contributed by atoms with van der Waals surface area (Å²) in [6, 6.07) is 16.7. The summed E-state index contributed by atoms with van der Waals surface area (Å²) in [5, 5.41) is 3.42. The van der Waals surface area contributed by atoms with Gasteiger partial charge in [0.05, 0.1) is 17.6 Å². The molecule has 1 heterocycles. The smallest absolute Gasteiger partial charge is 0.224 e. The number of carbonyl (C=O) groups is 2. The van der Waals surface area contributed by atoms with Crippen molar-refractivity contribution in [2.24, 2.45) is 5.92 Å². The van der Waals surface area contributed by atoms with E-state index < -0.39 is 0 Å². The Labute approximate surface area is 174 Å². The van der Waals surface area contributed by atoms with Crippen LogP contribution in [0.5, 0.6) is 0 Å². The first-order valence-electron chi connectivity index (χ1n) is 9.38. The van der Waals surface area contributed by atoms with Gasteiger partial charge in [-0.1, -0.05) is 55.9 Å². The average Bonchev–Trinajstić information content (AvgIpc) is 3.07. The van der Waals surface area contributed by atoms with Crippen molar-refractivity contribution >= 4 is 29.1 Å². The van der Waals surface area contributed by atoms with Crippen molar-refractivity contribution in [2.45, 2.75) is 25.4 Å². The first-order chi connectivity index (χ1) is 13.9. The molecule has 0 fully saturated rings. The summed E-state index contributed by atoms with van der Waals surface area (Å²) in [7, 11) is 0. The van der Waals surface area contributed by atoms with Crippen LogP contribution in [-0.2, 0) is 4.79 Å². The summed E-state index contributed by atoms with van der Waals surface area (Å²) in [5.41, 5.74) is 3.01. The van der Waals surface area contributed by atoms with Crippen LogP contribution in [0.4, 0.5) is 5.69 Å². The second-order valence-corrected chi connectivity index (χ2v) is 8.06. The van der Waals surface area contributed by atoms with Crippen molar-refractivity contribution in [2.75, 3.05) is 16.9 Å². The highest BCUT2D eigenvalue weighted by Crippen LogP contribution is 2.23. The molecule has 0 aliphatic rings. The summed E-state index contributed by atoms with van der Waals surface area (Å²) in [5.74, 6) is 6.45. The van der Waals surface area contributed by atoms with Crippen LogP contribution < -0.4 is 11.2 Å². The van der Waals surface area contributed by atoms with Gasteiger partial charge in [0.2, 0.25) is 5.91 Å². The van der Waals surface area contributed by atoms with Gasteiger partial charge >= 0.3 is 0 Å². The van der Waals surface area contributed by atoms with E-state index in [2.05, 4.69) is 10.3 Å². The van der Waals surface area contributed by atoms with Crippen molar-refractivity contribution in [1.29, 1.82) is 0 Å². The van der Waals surface area contributed by atoms with Crippen LogP contribution in [-0.4, -0.2) is 27.1 Å². The molecular weight excluding hydrogens is 384 g/mol. The van der Waals surface area contributed by atoms with E-state index in [9.17, 15) is 9.59 Å². The largest absolute Gasteiger partial charge is 0.337 e. The van der Waals surface area contributed by atoms with Gasteiger partial charge in [0.15, 0.2) is 10.9 Å². The van der Waals surface area contributed by atoms with Gasteiger partial charge in [-0.25, -0.2) is 9.66 Å². The lowest BCUT2D eigenvalue weighted by atomic mass is 10.1.